The lowest BCUT2D eigenvalue weighted by Crippen LogP contribution is -2.42. The summed E-state index contributed by atoms with van der Waals surface area (Å²) < 4.78 is 7.26. The summed E-state index contributed by atoms with van der Waals surface area (Å²) in [6, 6.07) is 3.58. The van der Waals surface area contributed by atoms with Gasteiger partial charge in [-0.2, -0.15) is 4.80 Å². The molecule has 0 spiro atoms. The first-order valence-electron chi connectivity index (χ1n) is 7.39. The molecule has 9 heteroatoms. The van der Waals surface area contributed by atoms with E-state index in [2.05, 4.69) is 30.3 Å². The Balaban J connectivity index is 1.36. The highest BCUT2D eigenvalue weighted by molar-refractivity contribution is 5.75. The average molecular weight is 313 g/mol. The van der Waals surface area contributed by atoms with Gasteiger partial charge in [-0.3, -0.25) is 4.79 Å². The van der Waals surface area contributed by atoms with Crippen LogP contribution in [0.4, 0.5) is 0 Å². The minimum absolute atomic E-state index is 0.0288. The van der Waals surface area contributed by atoms with Gasteiger partial charge in [0, 0.05) is 31.4 Å². The van der Waals surface area contributed by atoms with Crippen LogP contribution in [0.1, 0.15) is 12.2 Å². The van der Waals surface area contributed by atoms with Crippen molar-refractivity contribution in [2.75, 3.05) is 0 Å². The summed E-state index contributed by atoms with van der Waals surface area (Å²) in [4.78, 5) is 17.7. The second kappa shape index (κ2) is 5.67. The number of furan rings is 1. The molecule has 1 aliphatic rings. The zero-order valence-corrected chi connectivity index (χ0v) is 12.3. The smallest absolute Gasteiger partial charge is 0.243 e. The van der Waals surface area contributed by atoms with E-state index < -0.39 is 0 Å². The van der Waals surface area contributed by atoms with Gasteiger partial charge in [0.1, 0.15) is 12.4 Å². The molecule has 3 aromatic rings. The monoisotopic (exact) mass is 313 g/mol. The molecule has 0 bridgehead atoms. The van der Waals surface area contributed by atoms with E-state index in [1.54, 1.807) is 18.3 Å². The van der Waals surface area contributed by atoms with Gasteiger partial charge in [0.15, 0.2) is 5.76 Å². The quantitative estimate of drug-likeness (QED) is 0.741. The molecular weight excluding hydrogens is 298 g/mol. The first kappa shape index (κ1) is 13.7. The number of aryl methyl sites for hydroxylation is 1. The fourth-order valence-corrected chi connectivity index (χ4v) is 2.70. The normalized spacial score (nSPS) is 17.0. The predicted molar refractivity (Wildman–Crippen MR) is 78.0 cm³/mol. The molecule has 0 saturated heterocycles. The summed E-state index contributed by atoms with van der Waals surface area (Å²) in [6.45, 7) is 0.768. The number of aromatic nitrogens is 6. The van der Waals surface area contributed by atoms with E-state index >= 15 is 0 Å². The lowest BCUT2D eigenvalue weighted by molar-refractivity contribution is -0.123. The lowest BCUT2D eigenvalue weighted by atomic mass is 10.1. The molecule has 0 fully saturated rings. The zero-order valence-electron chi connectivity index (χ0n) is 12.3. The Morgan fingerprint density at radius 3 is 3.30 bits per heavy atom. The summed E-state index contributed by atoms with van der Waals surface area (Å²) in [7, 11) is 0. The lowest BCUT2D eigenvalue weighted by Gasteiger charge is -2.24. The fraction of sp³-hybridized carbons (Fsp3) is 0.357. The van der Waals surface area contributed by atoms with Crippen molar-refractivity contribution in [3.63, 3.8) is 0 Å². The van der Waals surface area contributed by atoms with Gasteiger partial charge in [0.05, 0.1) is 6.26 Å². The number of carbonyl (C=O) groups excluding carboxylic acids is 1. The van der Waals surface area contributed by atoms with E-state index in [-0.39, 0.29) is 18.5 Å². The molecular formula is C14H15N7O2. The predicted octanol–water partition coefficient (Wildman–Crippen LogP) is 0.261. The molecule has 1 aliphatic heterocycles. The minimum Gasteiger partial charge on any atom is -0.461 e. The summed E-state index contributed by atoms with van der Waals surface area (Å²) in [6.07, 6.45) is 7.00. The molecule has 1 N–H and O–H groups in total. The van der Waals surface area contributed by atoms with Crippen molar-refractivity contribution in [1.82, 2.24) is 35.1 Å². The van der Waals surface area contributed by atoms with Crippen LogP contribution in [0, 0.1) is 0 Å². The van der Waals surface area contributed by atoms with Gasteiger partial charge in [-0.25, -0.2) is 4.98 Å². The average Bonchev–Trinajstić information content (AvgIpc) is 3.27. The molecule has 23 heavy (non-hydrogen) atoms. The number of hydrogen-bond acceptors (Lipinski definition) is 6. The molecule has 9 nitrogen and oxygen atoms in total. The van der Waals surface area contributed by atoms with Gasteiger partial charge in [-0.15, -0.1) is 10.2 Å². The van der Waals surface area contributed by atoms with Gasteiger partial charge >= 0.3 is 0 Å². The number of nitrogens with zero attached hydrogens (tertiary/aromatic N) is 6. The second-order valence-electron chi connectivity index (χ2n) is 5.42. The number of hydrogen-bond donors (Lipinski definition) is 1. The molecule has 4 rings (SSSR count). The van der Waals surface area contributed by atoms with Crippen molar-refractivity contribution in [1.29, 1.82) is 0 Å². The Morgan fingerprint density at radius 2 is 2.43 bits per heavy atom. The number of fused-ring (bicyclic) bond motifs is 1. The summed E-state index contributed by atoms with van der Waals surface area (Å²) in [5.74, 6) is 1.82. The minimum atomic E-state index is -0.137. The highest BCUT2D eigenvalue weighted by atomic mass is 16.3. The maximum atomic E-state index is 12.1. The van der Waals surface area contributed by atoms with E-state index in [4.69, 9.17) is 4.42 Å². The summed E-state index contributed by atoms with van der Waals surface area (Å²) in [5.41, 5.74) is 0. The van der Waals surface area contributed by atoms with Crippen LogP contribution in [-0.2, 0) is 24.3 Å². The molecule has 118 valence electrons. The molecule has 4 heterocycles. The molecule has 0 aromatic carbocycles. The number of nitrogens with one attached hydrogen (secondary N) is 1. The van der Waals surface area contributed by atoms with Crippen LogP contribution in [0.3, 0.4) is 0 Å². The van der Waals surface area contributed by atoms with Gasteiger partial charge in [0.2, 0.25) is 11.7 Å². The van der Waals surface area contributed by atoms with Gasteiger partial charge in [0.25, 0.3) is 0 Å². The van der Waals surface area contributed by atoms with Gasteiger partial charge in [-0.05, 0) is 23.8 Å². The van der Waals surface area contributed by atoms with Crippen molar-refractivity contribution in [2.45, 2.75) is 32.0 Å². The van der Waals surface area contributed by atoms with Crippen molar-refractivity contribution in [3.8, 4) is 11.6 Å². The van der Waals surface area contributed by atoms with E-state index in [0.29, 0.717) is 11.6 Å². The molecule has 1 amide bonds. The summed E-state index contributed by atoms with van der Waals surface area (Å²) >= 11 is 0. The number of amides is 1. The standard InChI is InChI=1S/C14H15N7O2/c22-13(16-10-3-4-12-15-5-6-20(12)8-10)9-21-18-14(17-19-21)11-2-1-7-23-11/h1-2,5-7,10H,3-4,8-9H2,(H,16,22). The van der Waals surface area contributed by atoms with Crippen LogP contribution >= 0.6 is 0 Å². The third-order valence-corrected chi connectivity index (χ3v) is 3.78. The number of rotatable bonds is 4. The zero-order chi connectivity index (χ0) is 15.6. The second-order valence-corrected chi connectivity index (χ2v) is 5.42. The number of tetrazole rings is 1. The molecule has 0 aliphatic carbocycles. The largest absolute Gasteiger partial charge is 0.461 e. The maximum absolute atomic E-state index is 12.1. The molecule has 1 atom stereocenters. The third-order valence-electron chi connectivity index (χ3n) is 3.78. The van der Waals surface area contributed by atoms with Gasteiger partial charge in [-0.1, -0.05) is 0 Å². The van der Waals surface area contributed by atoms with E-state index in [0.717, 1.165) is 25.2 Å². The van der Waals surface area contributed by atoms with Crippen LogP contribution in [0.2, 0.25) is 0 Å². The highest BCUT2D eigenvalue weighted by Crippen LogP contribution is 2.14. The molecule has 3 aromatic heterocycles. The topological polar surface area (TPSA) is 104 Å². The van der Waals surface area contributed by atoms with Crippen LogP contribution in [0.15, 0.2) is 35.2 Å². The fourth-order valence-electron chi connectivity index (χ4n) is 2.70. The Hall–Kier alpha value is -2.97. The number of imidazole rings is 1. The maximum Gasteiger partial charge on any atom is 0.243 e. The van der Waals surface area contributed by atoms with Crippen molar-refractivity contribution >= 4 is 5.91 Å². The Morgan fingerprint density at radius 1 is 1.48 bits per heavy atom. The van der Waals surface area contributed by atoms with Crippen molar-refractivity contribution in [3.05, 3.63) is 36.6 Å². The van der Waals surface area contributed by atoms with Gasteiger partial charge < -0.3 is 14.3 Å². The van der Waals surface area contributed by atoms with Crippen LogP contribution in [0.25, 0.3) is 11.6 Å². The first-order chi connectivity index (χ1) is 11.3. The molecule has 1 unspecified atom stereocenters. The molecule has 0 saturated carbocycles. The van der Waals surface area contributed by atoms with Crippen LogP contribution in [0.5, 0.6) is 0 Å². The Bertz CT molecular complexity index is 805. The van der Waals surface area contributed by atoms with Crippen LogP contribution < -0.4 is 5.32 Å². The summed E-state index contributed by atoms with van der Waals surface area (Å²) in [5, 5.41) is 14.9. The van der Waals surface area contributed by atoms with E-state index in [1.807, 2.05) is 6.20 Å². The van der Waals surface area contributed by atoms with E-state index in [1.165, 1.54) is 11.1 Å². The van der Waals surface area contributed by atoms with Crippen molar-refractivity contribution in [2.24, 2.45) is 0 Å². The van der Waals surface area contributed by atoms with E-state index in [9.17, 15) is 4.79 Å². The Labute approximate surface area is 131 Å². The SMILES string of the molecule is O=C(Cn1nnc(-c2ccco2)n1)NC1CCc2nccn2C1. The van der Waals surface area contributed by atoms with Crippen molar-refractivity contribution < 1.29 is 9.21 Å². The highest BCUT2D eigenvalue weighted by Gasteiger charge is 2.21. The molecule has 0 radical (unpaired) electrons. The first-order valence-corrected chi connectivity index (χ1v) is 7.39. The third kappa shape index (κ3) is 2.85. The number of carbonyl (C=O) groups is 1. The van der Waals surface area contributed by atoms with Crippen LogP contribution in [-0.4, -0.2) is 41.7 Å². The Kier molecular flexibility index (Phi) is 3.37.